The van der Waals surface area contributed by atoms with Crippen LogP contribution in [0.15, 0.2) is 18.3 Å². The molecule has 5 nitrogen and oxygen atoms in total. The van der Waals surface area contributed by atoms with Crippen LogP contribution in [0.4, 0.5) is 0 Å². The van der Waals surface area contributed by atoms with Crippen LogP contribution in [0.25, 0.3) is 0 Å². The number of aromatic nitrogens is 1. The van der Waals surface area contributed by atoms with Crippen molar-refractivity contribution in [1.29, 1.82) is 5.26 Å². The molecule has 0 radical (unpaired) electrons. The van der Waals surface area contributed by atoms with Gasteiger partial charge in [-0.2, -0.15) is 5.26 Å². The number of hydrogen-bond acceptors (Lipinski definition) is 4. The number of aryl methyl sites for hydroxylation is 1. The van der Waals surface area contributed by atoms with Crippen LogP contribution in [0.5, 0.6) is 0 Å². The molecule has 3 rings (SSSR count). The van der Waals surface area contributed by atoms with Crippen molar-refractivity contribution in [3.63, 3.8) is 0 Å². The zero-order chi connectivity index (χ0) is 17.6. The number of carbonyl (C=O) groups excluding carboxylic acids is 1. The molecule has 1 aromatic rings. The third-order valence-corrected chi connectivity index (χ3v) is 5.62. The first-order valence-corrected chi connectivity index (χ1v) is 9.50. The van der Waals surface area contributed by atoms with E-state index in [0.717, 1.165) is 37.4 Å². The molecule has 1 saturated carbocycles. The maximum atomic E-state index is 12.5. The Labute approximate surface area is 150 Å². The molecule has 1 aliphatic carbocycles. The summed E-state index contributed by atoms with van der Waals surface area (Å²) >= 11 is 0. The smallest absolute Gasteiger partial charge is 0.227 e. The van der Waals surface area contributed by atoms with Gasteiger partial charge < -0.3 is 4.90 Å². The van der Waals surface area contributed by atoms with E-state index in [2.05, 4.69) is 16.0 Å². The monoisotopic (exact) mass is 340 g/mol. The van der Waals surface area contributed by atoms with Gasteiger partial charge >= 0.3 is 0 Å². The van der Waals surface area contributed by atoms with Gasteiger partial charge in [0.2, 0.25) is 5.91 Å². The van der Waals surface area contributed by atoms with Crippen LogP contribution in [-0.2, 0) is 11.2 Å². The van der Waals surface area contributed by atoms with E-state index in [4.69, 9.17) is 0 Å². The fraction of sp³-hybridized carbons (Fsp3) is 0.650. The molecule has 0 unspecified atom stereocenters. The summed E-state index contributed by atoms with van der Waals surface area (Å²) in [4.78, 5) is 21.0. The number of nitriles is 1. The lowest BCUT2D eigenvalue weighted by molar-refractivity contribution is -0.132. The topological polar surface area (TPSA) is 60.2 Å². The van der Waals surface area contributed by atoms with Crippen LogP contribution in [0.3, 0.4) is 0 Å². The summed E-state index contributed by atoms with van der Waals surface area (Å²) < 4.78 is 0. The second-order valence-electron chi connectivity index (χ2n) is 7.37. The summed E-state index contributed by atoms with van der Waals surface area (Å²) in [6, 6.07) is 6.50. The van der Waals surface area contributed by atoms with Gasteiger partial charge in [-0.05, 0) is 37.3 Å². The van der Waals surface area contributed by atoms with Gasteiger partial charge in [0.05, 0.1) is 12.5 Å². The average molecular weight is 340 g/mol. The summed E-state index contributed by atoms with van der Waals surface area (Å²) in [6.45, 7) is 5.02. The number of amides is 1. The standard InChI is InChI=1S/C20H28N4O/c1-16-7-8-17(15-22-16)13-20(25)24-11-9-23(10-12-24)19(14-21)18-5-3-2-4-6-18/h7-8,15,18-19H,2-6,9-13H2,1H3/t19-/m0/s1. The van der Waals surface area contributed by atoms with Crippen LogP contribution in [0, 0.1) is 24.2 Å². The number of hydrogen-bond donors (Lipinski definition) is 0. The average Bonchev–Trinajstić information content (AvgIpc) is 2.66. The first kappa shape index (κ1) is 17.9. The van der Waals surface area contributed by atoms with E-state index in [9.17, 15) is 10.1 Å². The summed E-state index contributed by atoms with van der Waals surface area (Å²) in [6.07, 6.45) is 8.38. The second kappa shape index (κ2) is 8.44. The molecule has 0 bridgehead atoms. The Bertz CT molecular complexity index is 608. The van der Waals surface area contributed by atoms with Gasteiger partial charge in [0.25, 0.3) is 0 Å². The summed E-state index contributed by atoms with van der Waals surface area (Å²) in [5, 5.41) is 9.64. The molecule has 1 aliphatic heterocycles. The third kappa shape index (κ3) is 4.58. The van der Waals surface area contributed by atoms with Crippen LogP contribution in [-0.4, -0.2) is 52.9 Å². The van der Waals surface area contributed by atoms with E-state index >= 15 is 0 Å². The lowest BCUT2D eigenvalue weighted by atomic mass is 9.83. The molecule has 1 amide bonds. The molecule has 0 N–H and O–H groups in total. The molecular formula is C20H28N4O. The van der Waals surface area contributed by atoms with Crippen molar-refractivity contribution in [2.24, 2.45) is 5.92 Å². The Kier molecular flexibility index (Phi) is 6.04. The highest BCUT2D eigenvalue weighted by molar-refractivity contribution is 5.78. The van der Waals surface area contributed by atoms with Gasteiger partial charge in [0, 0.05) is 38.1 Å². The molecule has 134 valence electrons. The van der Waals surface area contributed by atoms with Gasteiger partial charge in [-0.3, -0.25) is 14.7 Å². The fourth-order valence-corrected chi connectivity index (χ4v) is 4.07. The molecule has 1 atom stereocenters. The zero-order valence-corrected chi connectivity index (χ0v) is 15.2. The number of carbonyl (C=O) groups is 1. The molecule has 2 fully saturated rings. The number of pyridine rings is 1. The quantitative estimate of drug-likeness (QED) is 0.845. The molecular weight excluding hydrogens is 312 g/mol. The minimum Gasteiger partial charge on any atom is -0.340 e. The zero-order valence-electron chi connectivity index (χ0n) is 15.2. The van der Waals surface area contributed by atoms with Crippen molar-refractivity contribution in [3.05, 3.63) is 29.6 Å². The van der Waals surface area contributed by atoms with Gasteiger partial charge in [0.1, 0.15) is 6.04 Å². The van der Waals surface area contributed by atoms with E-state index in [1.54, 1.807) is 6.20 Å². The SMILES string of the molecule is Cc1ccc(CC(=O)N2CCN([C@@H](C#N)C3CCCCC3)CC2)cn1. The Morgan fingerprint density at radius 3 is 2.56 bits per heavy atom. The number of rotatable bonds is 4. The Balaban J connectivity index is 1.51. The first-order chi connectivity index (χ1) is 12.2. The molecule has 0 spiro atoms. The second-order valence-corrected chi connectivity index (χ2v) is 7.37. The summed E-state index contributed by atoms with van der Waals surface area (Å²) in [5.41, 5.74) is 1.94. The fourth-order valence-electron chi connectivity index (χ4n) is 4.07. The van der Waals surface area contributed by atoms with Gasteiger partial charge in [-0.15, -0.1) is 0 Å². The van der Waals surface area contributed by atoms with Crippen LogP contribution in [0.2, 0.25) is 0 Å². The van der Waals surface area contributed by atoms with E-state index in [-0.39, 0.29) is 11.9 Å². The Morgan fingerprint density at radius 1 is 1.24 bits per heavy atom. The van der Waals surface area contributed by atoms with Crippen LogP contribution in [0.1, 0.15) is 43.4 Å². The molecule has 25 heavy (non-hydrogen) atoms. The molecule has 2 aliphatic rings. The Morgan fingerprint density at radius 2 is 1.96 bits per heavy atom. The van der Waals surface area contributed by atoms with E-state index in [1.165, 1.54) is 32.1 Å². The van der Waals surface area contributed by atoms with Gasteiger partial charge in [-0.25, -0.2) is 0 Å². The summed E-state index contributed by atoms with van der Waals surface area (Å²) in [5.74, 6) is 0.677. The Hall–Kier alpha value is -1.93. The van der Waals surface area contributed by atoms with Gasteiger partial charge in [-0.1, -0.05) is 25.3 Å². The van der Waals surface area contributed by atoms with Crippen molar-refractivity contribution in [2.75, 3.05) is 26.2 Å². The van der Waals surface area contributed by atoms with Crippen molar-refractivity contribution in [3.8, 4) is 6.07 Å². The summed E-state index contributed by atoms with van der Waals surface area (Å²) in [7, 11) is 0. The molecule has 1 aromatic heterocycles. The molecule has 1 saturated heterocycles. The minimum absolute atomic E-state index is 0.0267. The normalized spacial score (nSPS) is 20.9. The predicted octanol–water partition coefficient (Wildman–Crippen LogP) is 2.55. The van der Waals surface area contributed by atoms with Crippen molar-refractivity contribution < 1.29 is 4.79 Å². The van der Waals surface area contributed by atoms with E-state index in [1.807, 2.05) is 24.0 Å². The number of piperazine rings is 1. The number of nitrogens with zero attached hydrogens (tertiary/aromatic N) is 4. The maximum Gasteiger partial charge on any atom is 0.227 e. The van der Waals surface area contributed by atoms with Crippen molar-refractivity contribution >= 4 is 5.91 Å². The highest BCUT2D eigenvalue weighted by Gasteiger charge is 2.31. The molecule has 5 heteroatoms. The predicted molar refractivity (Wildman–Crippen MR) is 96.8 cm³/mol. The van der Waals surface area contributed by atoms with Crippen LogP contribution < -0.4 is 0 Å². The first-order valence-electron chi connectivity index (χ1n) is 9.50. The maximum absolute atomic E-state index is 12.5. The third-order valence-electron chi connectivity index (χ3n) is 5.62. The van der Waals surface area contributed by atoms with Crippen LogP contribution >= 0.6 is 0 Å². The van der Waals surface area contributed by atoms with Gasteiger partial charge in [0.15, 0.2) is 0 Å². The largest absolute Gasteiger partial charge is 0.340 e. The highest BCUT2D eigenvalue weighted by Crippen LogP contribution is 2.29. The van der Waals surface area contributed by atoms with Crippen molar-refractivity contribution in [1.82, 2.24) is 14.8 Å². The molecule has 2 heterocycles. The van der Waals surface area contributed by atoms with E-state index < -0.39 is 0 Å². The molecule has 0 aromatic carbocycles. The lowest BCUT2D eigenvalue weighted by Crippen LogP contribution is -2.53. The minimum atomic E-state index is 0.0267. The van der Waals surface area contributed by atoms with E-state index in [0.29, 0.717) is 12.3 Å². The lowest BCUT2D eigenvalue weighted by Gasteiger charge is -2.40. The highest BCUT2D eigenvalue weighted by atomic mass is 16.2. The van der Waals surface area contributed by atoms with Crippen molar-refractivity contribution in [2.45, 2.75) is 51.5 Å².